The van der Waals surface area contributed by atoms with Crippen molar-refractivity contribution in [1.82, 2.24) is 4.98 Å². The third-order valence-corrected chi connectivity index (χ3v) is 1.31. The molecule has 0 saturated heterocycles. The van der Waals surface area contributed by atoms with Gasteiger partial charge in [-0.15, -0.1) is 0 Å². The molecular formula is C8H10N2O. The van der Waals surface area contributed by atoms with Crippen molar-refractivity contribution in [2.45, 2.75) is 6.92 Å². The van der Waals surface area contributed by atoms with Gasteiger partial charge in [0.2, 0.25) is 0 Å². The normalized spacial score (nSPS) is 11.3. The SMILES string of the molecule is CO/N=C(\C)c1cccnc1. The Hall–Kier alpha value is -1.38. The van der Waals surface area contributed by atoms with Crippen LogP contribution in [0.2, 0.25) is 0 Å². The molecule has 0 N–H and O–H groups in total. The molecule has 0 unspecified atom stereocenters. The standard InChI is InChI=1S/C8H10N2O/c1-7(10-11-2)8-4-3-5-9-6-8/h3-6H,1-2H3/b10-7+. The van der Waals surface area contributed by atoms with E-state index in [1.165, 1.54) is 7.11 Å². The monoisotopic (exact) mass is 150 g/mol. The molecule has 3 nitrogen and oxygen atoms in total. The minimum atomic E-state index is 0.834. The van der Waals surface area contributed by atoms with Crippen LogP contribution in [-0.2, 0) is 4.84 Å². The van der Waals surface area contributed by atoms with Crippen molar-refractivity contribution in [3.8, 4) is 0 Å². The average molecular weight is 150 g/mol. The number of pyridine rings is 1. The van der Waals surface area contributed by atoms with E-state index in [0.717, 1.165) is 11.3 Å². The fraction of sp³-hybridized carbons (Fsp3) is 0.250. The average Bonchev–Trinajstić information content (AvgIpc) is 2.07. The molecule has 3 heteroatoms. The van der Waals surface area contributed by atoms with Gasteiger partial charge in [0, 0.05) is 18.0 Å². The highest BCUT2D eigenvalue weighted by molar-refractivity contribution is 5.97. The third kappa shape index (κ3) is 2.04. The highest BCUT2D eigenvalue weighted by Gasteiger charge is 1.94. The smallest absolute Gasteiger partial charge is 0.106 e. The lowest BCUT2D eigenvalue weighted by molar-refractivity contribution is 0.213. The summed E-state index contributed by atoms with van der Waals surface area (Å²) >= 11 is 0. The van der Waals surface area contributed by atoms with Crippen LogP contribution in [-0.4, -0.2) is 17.8 Å². The van der Waals surface area contributed by atoms with E-state index in [1.807, 2.05) is 19.1 Å². The Morgan fingerprint density at radius 3 is 3.00 bits per heavy atom. The maximum absolute atomic E-state index is 4.62. The molecule has 58 valence electrons. The van der Waals surface area contributed by atoms with Gasteiger partial charge in [0.25, 0.3) is 0 Å². The molecule has 0 aliphatic heterocycles. The Balaban J connectivity index is 2.85. The Morgan fingerprint density at radius 1 is 1.64 bits per heavy atom. The van der Waals surface area contributed by atoms with Crippen molar-refractivity contribution >= 4 is 5.71 Å². The lowest BCUT2D eigenvalue weighted by atomic mass is 10.2. The maximum Gasteiger partial charge on any atom is 0.106 e. The molecule has 1 aromatic rings. The van der Waals surface area contributed by atoms with E-state index in [4.69, 9.17) is 0 Å². The number of rotatable bonds is 2. The van der Waals surface area contributed by atoms with E-state index in [-0.39, 0.29) is 0 Å². The summed E-state index contributed by atoms with van der Waals surface area (Å²) < 4.78 is 0. The Morgan fingerprint density at radius 2 is 2.45 bits per heavy atom. The lowest BCUT2D eigenvalue weighted by Gasteiger charge is -1.96. The molecule has 11 heavy (non-hydrogen) atoms. The summed E-state index contributed by atoms with van der Waals surface area (Å²) in [5.41, 5.74) is 1.81. The highest BCUT2D eigenvalue weighted by Crippen LogP contribution is 1.97. The quantitative estimate of drug-likeness (QED) is 0.472. The second kappa shape index (κ2) is 3.71. The molecule has 0 saturated carbocycles. The third-order valence-electron chi connectivity index (χ3n) is 1.31. The van der Waals surface area contributed by atoms with Crippen LogP contribution in [0.4, 0.5) is 0 Å². The summed E-state index contributed by atoms with van der Waals surface area (Å²) in [6, 6.07) is 3.80. The molecule has 0 aliphatic carbocycles. The first kappa shape index (κ1) is 7.72. The van der Waals surface area contributed by atoms with Gasteiger partial charge in [-0.05, 0) is 19.1 Å². The van der Waals surface area contributed by atoms with Crippen molar-refractivity contribution in [1.29, 1.82) is 0 Å². The van der Waals surface area contributed by atoms with Crippen molar-refractivity contribution in [2.24, 2.45) is 5.16 Å². The number of hydrogen-bond acceptors (Lipinski definition) is 3. The second-order valence-corrected chi connectivity index (χ2v) is 2.10. The van der Waals surface area contributed by atoms with Crippen LogP contribution in [0.1, 0.15) is 12.5 Å². The minimum Gasteiger partial charge on any atom is -0.399 e. The van der Waals surface area contributed by atoms with Gasteiger partial charge >= 0.3 is 0 Å². The minimum absolute atomic E-state index is 0.834. The lowest BCUT2D eigenvalue weighted by Crippen LogP contribution is -1.94. The topological polar surface area (TPSA) is 34.5 Å². The molecule has 0 atom stereocenters. The van der Waals surface area contributed by atoms with Crippen molar-refractivity contribution in [2.75, 3.05) is 7.11 Å². The van der Waals surface area contributed by atoms with Gasteiger partial charge in [0.05, 0.1) is 5.71 Å². The van der Waals surface area contributed by atoms with Crippen LogP contribution in [0.5, 0.6) is 0 Å². The molecule has 0 aliphatic rings. The zero-order valence-corrected chi connectivity index (χ0v) is 6.61. The Kier molecular flexibility index (Phi) is 2.60. The summed E-state index contributed by atoms with van der Waals surface area (Å²) in [5, 5.41) is 3.77. The molecule has 0 radical (unpaired) electrons. The van der Waals surface area contributed by atoms with Crippen molar-refractivity contribution in [3.63, 3.8) is 0 Å². The predicted octanol–water partition coefficient (Wildman–Crippen LogP) is 1.45. The zero-order chi connectivity index (χ0) is 8.10. The first-order valence-electron chi connectivity index (χ1n) is 3.32. The van der Waals surface area contributed by atoms with Crippen LogP contribution in [0, 0.1) is 0 Å². The molecule has 0 fully saturated rings. The summed E-state index contributed by atoms with van der Waals surface area (Å²) in [6.07, 6.45) is 3.47. The number of oxime groups is 1. The Bertz CT molecular complexity index is 244. The van der Waals surface area contributed by atoms with E-state index in [9.17, 15) is 0 Å². The molecule has 0 spiro atoms. The molecule has 0 bridgehead atoms. The van der Waals surface area contributed by atoms with E-state index in [0.29, 0.717) is 0 Å². The summed E-state index contributed by atoms with van der Waals surface area (Å²) in [4.78, 5) is 8.57. The van der Waals surface area contributed by atoms with Gasteiger partial charge < -0.3 is 4.84 Å². The summed E-state index contributed by atoms with van der Waals surface area (Å²) in [5.74, 6) is 0. The van der Waals surface area contributed by atoms with Gasteiger partial charge in [-0.1, -0.05) is 5.16 Å². The highest BCUT2D eigenvalue weighted by atomic mass is 16.6. The van der Waals surface area contributed by atoms with Gasteiger partial charge in [-0.2, -0.15) is 0 Å². The Labute approximate surface area is 65.7 Å². The maximum atomic E-state index is 4.62. The van der Waals surface area contributed by atoms with Gasteiger partial charge in [-0.25, -0.2) is 0 Å². The number of hydrogen-bond donors (Lipinski definition) is 0. The van der Waals surface area contributed by atoms with Crippen LogP contribution in [0.3, 0.4) is 0 Å². The van der Waals surface area contributed by atoms with E-state index >= 15 is 0 Å². The molecule has 0 aromatic carbocycles. The van der Waals surface area contributed by atoms with Crippen molar-refractivity contribution in [3.05, 3.63) is 30.1 Å². The predicted molar refractivity (Wildman–Crippen MR) is 43.5 cm³/mol. The van der Waals surface area contributed by atoms with Gasteiger partial charge in [0.1, 0.15) is 7.11 Å². The van der Waals surface area contributed by atoms with Crippen LogP contribution >= 0.6 is 0 Å². The number of nitrogens with zero attached hydrogens (tertiary/aromatic N) is 2. The first-order valence-corrected chi connectivity index (χ1v) is 3.32. The first-order chi connectivity index (χ1) is 5.34. The van der Waals surface area contributed by atoms with Crippen molar-refractivity contribution < 1.29 is 4.84 Å². The van der Waals surface area contributed by atoms with E-state index in [1.54, 1.807) is 12.4 Å². The zero-order valence-electron chi connectivity index (χ0n) is 6.61. The number of aromatic nitrogens is 1. The molecule has 1 rings (SSSR count). The molecule has 1 aromatic heterocycles. The second-order valence-electron chi connectivity index (χ2n) is 2.10. The fourth-order valence-corrected chi connectivity index (χ4v) is 0.766. The summed E-state index contributed by atoms with van der Waals surface area (Å²) in [6.45, 7) is 1.88. The summed E-state index contributed by atoms with van der Waals surface area (Å²) in [7, 11) is 1.53. The molecule has 1 heterocycles. The fourth-order valence-electron chi connectivity index (χ4n) is 0.766. The van der Waals surface area contributed by atoms with E-state index < -0.39 is 0 Å². The largest absolute Gasteiger partial charge is 0.399 e. The van der Waals surface area contributed by atoms with Gasteiger partial charge in [-0.3, -0.25) is 4.98 Å². The molecular weight excluding hydrogens is 140 g/mol. The van der Waals surface area contributed by atoms with Gasteiger partial charge in [0.15, 0.2) is 0 Å². The van der Waals surface area contributed by atoms with Crippen LogP contribution in [0.25, 0.3) is 0 Å². The van der Waals surface area contributed by atoms with E-state index in [2.05, 4.69) is 15.0 Å². The van der Waals surface area contributed by atoms with Crippen LogP contribution < -0.4 is 0 Å². The molecule has 0 amide bonds. The van der Waals surface area contributed by atoms with Crippen LogP contribution in [0.15, 0.2) is 29.7 Å².